The van der Waals surface area contributed by atoms with E-state index in [1.54, 1.807) is 11.3 Å². The zero-order valence-corrected chi connectivity index (χ0v) is 16.3. The Balaban J connectivity index is 0.00000113. The number of thiazole rings is 1. The molecule has 0 radical (unpaired) electrons. The average Bonchev–Trinajstić information content (AvgIpc) is 3.20. The Morgan fingerprint density at radius 3 is 2.68 bits per heavy atom. The summed E-state index contributed by atoms with van der Waals surface area (Å²) in [5.41, 5.74) is 7.01. The van der Waals surface area contributed by atoms with Crippen molar-refractivity contribution in [1.82, 2.24) is 9.88 Å². The normalized spacial score (nSPS) is 25.5. The monoisotopic (exact) mass is 399 g/mol. The Morgan fingerprint density at radius 1 is 1.20 bits per heavy atom. The number of benzene rings is 1. The van der Waals surface area contributed by atoms with Gasteiger partial charge in [-0.25, -0.2) is 4.98 Å². The van der Waals surface area contributed by atoms with E-state index < -0.39 is 0 Å². The third-order valence-corrected chi connectivity index (χ3v) is 6.08. The van der Waals surface area contributed by atoms with Gasteiger partial charge in [0.05, 0.1) is 21.1 Å². The maximum Gasteiger partial charge on any atom is 0.226 e. The van der Waals surface area contributed by atoms with Gasteiger partial charge in [-0.15, -0.1) is 36.2 Å². The van der Waals surface area contributed by atoms with Gasteiger partial charge in [-0.2, -0.15) is 0 Å². The number of para-hydroxylation sites is 1. The van der Waals surface area contributed by atoms with Gasteiger partial charge in [0.25, 0.3) is 0 Å². The maximum atomic E-state index is 13.0. The molecule has 25 heavy (non-hydrogen) atoms. The molecule has 0 bridgehead atoms. The highest BCUT2D eigenvalue weighted by Gasteiger charge is 2.36. The number of carbonyl (C=O) groups excluding carboxylic acids is 1. The molecule has 1 fully saturated rings. The van der Waals surface area contributed by atoms with Crippen LogP contribution in [0.2, 0.25) is 0 Å². The van der Waals surface area contributed by atoms with E-state index in [0.29, 0.717) is 6.54 Å². The first-order valence-electron chi connectivity index (χ1n) is 8.27. The van der Waals surface area contributed by atoms with Crippen molar-refractivity contribution in [3.63, 3.8) is 0 Å². The van der Waals surface area contributed by atoms with E-state index in [0.717, 1.165) is 36.3 Å². The highest BCUT2D eigenvalue weighted by molar-refractivity contribution is 7.18. The third kappa shape index (κ3) is 4.00. The summed E-state index contributed by atoms with van der Waals surface area (Å²) < 4.78 is 1.20. The number of carbonyl (C=O) groups is 1. The molecule has 0 spiro atoms. The fourth-order valence-corrected chi connectivity index (χ4v) is 4.78. The fourth-order valence-electron chi connectivity index (χ4n) is 3.63. The zero-order chi connectivity index (χ0) is 15.8. The molecule has 1 aliphatic carbocycles. The molecule has 0 saturated carbocycles. The van der Waals surface area contributed by atoms with Gasteiger partial charge in [-0.05, 0) is 31.4 Å². The molecule has 2 N–H and O–H groups in total. The van der Waals surface area contributed by atoms with Gasteiger partial charge in [0, 0.05) is 25.0 Å². The second kappa shape index (κ2) is 8.49. The summed E-state index contributed by atoms with van der Waals surface area (Å²) in [6.45, 7) is 1.50. The minimum Gasteiger partial charge on any atom is -0.341 e. The fraction of sp³-hybridized carbons (Fsp3) is 0.444. The summed E-state index contributed by atoms with van der Waals surface area (Å²) >= 11 is 1.73. The lowest BCUT2D eigenvalue weighted by atomic mass is 9.82. The van der Waals surface area contributed by atoms with Crippen LogP contribution < -0.4 is 5.73 Å². The van der Waals surface area contributed by atoms with Gasteiger partial charge in [-0.3, -0.25) is 4.79 Å². The summed E-state index contributed by atoms with van der Waals surface area (Å²) in [6, 6.07) is 8.34. The number of aromatic nitrogens is 1. The highest BCUT2D eigenvalue weighted by Crippen LogP contribution is 2.39. The second-order valence-electron chi connectivity index (χ2n) is 6.51. The van der Waals surface area contributed by atoms with Crippen LogP contribution in [-0.2, 0) is 4.79 Å². The Labute approximate surface area is 164 Å². The topological polar surface area (TPSA) is 59.2 Å². The number of halogens is 2. The van der Waals surface area contributed by atoms with E-state index in [9.17, 15) is 4.79 Å². The van der Waals surface area contributed by atoms with Gasteiger partial charge >= 0.3 is 0 Å². The predicted octanol–water partition coefficient (Wildman–Crippen LogP) is 3.75. The quantitative estimate of drug-likeness (QED) is 0.782. The van der Waals surface area contributed by atoms with Gasteiger partial charge in [0.15, 0.2) is 0 Å². The summed E-state index contributed by atoms with van der Waals surface area (Å²) in [5, 5.41) is 1.09. The smallest absolute Gasteiger partial charge is 0.226 e. The standard InChI is InChI=1S/C18H21N3OS.2ClH/c19-12-9-10-21(11-12)18(22)14-6-2-1-5-13(14)17-20-15-7-3-4-8-16(15)23-17;;/h1-4,7-8,12-14H,5-6,9-11,19H2;2*1H/t12-,13?,14?;;/m1../s1. The number of nitrogens with two attached hydrogens (primary N) is 1. The van der Waals surface area contributed by atoms with Crippen LogP contribution in [0.4, 0.5) is 0 Å². The molecule has 2 aromatic rings. The molecular weight excluding hydrogens is 377 g/mol. The first-order chi connectivity index (χ1) is 11.2. The van der Waals surface area contributed by atoms with E-state index in [2.05, 4.69) is 18.2 Å². The second-order valence-corrected chi connectivity index (χ2v) is 7.57. The lowest BCUT2D eigenvalue weighted by Gasteiger charge is -2.29. The van der Waals surface area contributed by atoms with Crippen LogP contribution in [-0.4, -0.2) is 34.9 Å². The molecule has 4 nitrogen and oxygen atoms in total. The van der Waals surface area contributed by atoms with Gasteiger partial charge < -0.3 is 10.6 Å². The van der Waals surface area contributed by atoms with Crippen molar-refractivity contribution in [3.05, 3.63) is 41.4 Å². The predicted molar refractivity (Wildman–Crippen MR) is 108 cm³/mol. The lowest BCUT2D eigenvalue weighted by molar-refractivity contribution is -0.135. The number of rotatable bonds is 2. The van der Waals surface area contributed by atoms with Crippen LogP contribution in [0.15, 0.2) is 36.4 Å². The minimum atomic E-state index is 0. The molecule has 1 aromatic carbocycles. The molecule has 4 rings (SSSR count). The van der Waals surface area contributed by atoms with Crippen molar-refractivity contribution in [2.75, 3.05) is 13.1 Å². The maximum absolute atomic E-state index is 13.0. The Morgan fingerprint density at radius 2 is 1.96 bits per heavy atom. The number of likely N-dealkylation sites (tertiary alicyclic amines) is 1. The number of nitrogens with zero attached hydrogens (tertiary/aromatic N) is 2. The Kier molecular flexibility index (Phi) is 6.86. The SMILES string of the molecule is Cl.Cl.N[C@@H]1CCN(C(=O)C2CC=CCC2c2nc3ccccc3s2)C1. The number of amides is 1. The van der Waals surface area contributed by atoms with Crippen LogP contribution >= 0.6 is 36.2 Å². The molecule has 2 heterocycles. The van der Waals surface area contributed by atoms with Crippen LogP contribution in [0.5, 0.6) is 0 Å². The highest BCUT2D eigenvalue weighted by atomic mass is 35.5. The Hall–Kier alpha value is -1.14. The first kappa shape index (κ1) is 20.2. The van der Waals surface area contributed by atoms with Crippen molar-refractivity contribution >= 4 is 52.3 Å². The van der Waals surface area contributed by atoms with Gasteiger partial charge in [-0.1, -0.05) is 24.3 Å². The molecular formula is C18H23Cl2N3OS. The van der Waals surface area contributed by atoms with Crippen molar-refractivity contribution in [3.8, 4) is 0 Å². The van der Waals surface area contributed by atoms with E-state index in [1.165, 1.54) is 4.70 Å². The third-order valence-electron chi connectivity index (χ3n) is 4.91. The van der Waals surface area contributed by atoms with Crippen molar-refractivity contribution in [2.24, 2.45) is 11.7 Å². The minimum absolute atomic E-state index is 0. The van der Waals surface area contributed by atoms with E-state index in [-0.39, 0.29) is 48.6 Å². The van der Waals surface area contributed by atoms with Crippen molar-refractivity contribution < 1.29 is 4.79 Å². The van der Waals surface area contributed by atoms with Crippen molar-refractivity contribution in [2.45, 2.75) is 31.2 Å². The van der Waals surface area contributed by atoms with Crippen LogP contribution in [0.1, 0.15) is 30.2 Å². The largest absolute Gasteiger partial charge is 0.341 e. The van der Waals surface area contributed by atoms with Crippen LogP contribution in [0, 0.1) is 5.92 Å². The molecule has 2 aliphatic rings. The molecule has 1 aromatic heterocycles. The van der Waals surface area contributed by atoms with Gasteiger partial charge in [0.2, 0.25) is 5.91 Å². The molecule has 1 aliphatic heterocycles. The van der Waals surface area contributed by atoms with E-state index in [4.69, 9.17) is 10.7 Å². The summed E-state index contributed by atoms with van der Waals surface area (Å²) in [6.07, 6.45) is 6.96. The summed E-state index contributed by atoms with van der Waals surface area (Å²) in [5.74, 6) is 0.458. The van der Waals surface area contributed by atoms with Gasteiger partial charge in [0.1, 0.15) is 0 Å². The number of allylic oxidation sites excluding steroid dienone is 2. The van der Waals surface area contributed by atoms with Crippen molar-refractivity contribution in [1.29, 1.82) is 0 Å². The summed E-state index contributed by atoms with van der Waals surface area (Å²) in [4.78, 5) is 19.7. The summed E-state index contributed by atoms with van der Waals surface area (Å²) in [7, 11) is 0. The molecule has 1 amide bonds. The lowest BCUT2D eigenvalue weighted by Crippen LogP contribution is -2.39. The Bertz CT molecular complexity index is 731. The molecule has 3 atom stereocenters. The number of fused-ring (bicyclic) bond motifs is 1. The van der Waals surface area contributed by atoms with E-state index in [1.807, 2.05) is 23.1 Å². The average molecular weight is 400 g/mol. The van der Waals surface area contributed by atoms with E-state index >= 15 is 0 Å². The molecule has 136 valence electrons. The van der Waals surface area contributed by atoms with Crippen LogP contribution in [0.25, 0.3) is 10.2 Å². The molecule has 2 unspecified atom stereocenters. The molecule has 1 saturated heterocycles. The van der Waals surface area contributed by atoms with Crippen LogP contribution in [0.3, 0.4) is 0 Å². The molecule has 7 heteroatoms. The number of hydrogen-bond acceptors (Lipinski definition) is 4. The zero-order valence-electron chi connectivity index (χ0n) is 13.8. The number of hydrogen-bond donors (Lipinski definition) is 1. The first-order valence-corrected chi connectivity index (χ1v) is 9.09.